The number of amides is 1. The summed E-state index contributed by atoms with van der Waals surface area (Å²) in [7, 11) is 1.87. The molecule has 6 nitrogen and oxygen atoms in total. The van der Waals surface area contributed by atoms with Crippen molar-refractivity contribution in [3.63, 3.8) is 0 Å². The van der Waals surface area contributed by atoms with Crippen molar-refractivity contribution in [1.82, 2.24) is 20.0 Å². The highest BCUT2D eigenvalue weighted by Gasteiger charge is 2.25. The predicted molar refractivity (Wildman–Crippen MR) is 76.8 cm³/mol. The Morgan fingerprint density at radius 2 is 1.95 bits per heavy atom. The van der Waals surface area contributed by atoms with E-state index in [0.717, 1.165) is 30.2 Å². The number of aromatic nitrogens is 2. The van der Waals surface area contributed by atoms with Gasteiger partial charge in [0.2, 0.25) is 0 Å². The summed E-state index contributed by atoms with van der Waals surface area (Å²) in [5, 5.41) is 7.69. The SMILES string of the molecule is Cc1nn(C)c(C)c1OCC(=O)N1CC(C)NC(C)C1. The zero-order chi connectivity index (χ0) is 14.9. The van der Waals surface area contributed by atoms with E-state index in [1.165, 1.54) is 0 Å². The highest BCUT2D eigenvalue weighted by molar-refractivity contribution is 5.78. The van der Waals surface area contributed by atoms with E-state index >= 15 is 0 Å². The lowest BCUT2D eigenvalue weighted by Crippen LogP contribution is -2.56. The van der Waals surface area contributed by atoms with Crippen molar-refractivity contribution in [2.24, 2.45) is 7.05 Å². The van der Waals surface area contributed by atoms with Crippen LogP contribution in [0.3, 0.4) is 0 Å². The van der Waals surface area contributed by atoms with Crippen LogP contribution in [0.1, 0.15) is 25.2 Å². The second-order valence-electron chi connectivity index (χ2n) is 5.68. The van der Waals surface area contributed by atoms with Crippen LogP contribution < -0.4 is 10.1 Å². The maximum absolute atomic E-state index is 12.2. The largest absolute Gasteiger partial charge is 0.480 e. The van der Waals surface area contributed by atoms with Gasteiger partial charge in [0.05, 0.1) is 5.69 Å². The molecule has 1 aliphatic rings. The van der Waals surface area contributed by atoms with Gasteiger partial charge in [-0.1, -0.05) is 0 Å². The molecule has 6 heteroatoms. The van der Waals surface area contributed by atoms with Crippen molar-refractivity contribution in [3.8, 4) is 5.75 Å². The van der Waals surface area contributed by atoms with E-state index in [9.17, 15) is 4.79 Å². The van der Waals surface area contributed by atoms with E-state index in [-0.39, 0.29) is 12.5 Å². The minimum atomic E-state index is 0.0350. The van der Waals surface area contributed by atoms with E-state index in [1.54, 1.807) is 4.68 Å². The quantitative estimate of drug-likeness (QED) is 0.882. The van der Waals surface area contributed by atoms with Gasteiger partial charge in [0.15, 0.2) is 12.4 Å². The first-order valence-electron chi connectivity index (χ1n) is 7.05. The molecule has 112 valence electrons. The van der Waals surface area contributed by atoms with Gasteiger partial charge in [-0.05, 0) is 27.7 Å². The lowest BCUT2D eigenvalue weighted by molar-refractivity contribution is -0.135. The van der Waals surface area contributed by atoms with E-state index in [4.69, 9.17) is 4.74 Å². The molecular formula is C14H24N4O2. The normalized spacial score (nSPS) is 22.9. The van der Waals surface area contributed by atoms with Gasteiger partial charge >= 0.3 is 0 Å². The number of hydrogen-bond acceptors (Lipinski definition) is 4. The maximum atomic E-state index is 12.2. The highest BCUT2D eigenvalue weighted by Crippen LogP contribution is 2.21. The molecule has 1 aromatic heterocycles. The van der Waals surface area contributed by atoms with E-state index in [1.807, 2.05) is 25.8 Å². The summed E-state index contributed by atoms with van der Waals surface area (Å²) in [6.45, 7) is 9.55. The Kier molecular flexibility index (Phi) is 4.32. The predicted octanol–water partition coefficient (Wildman–Crippen LogP) is 0.625. The van der Waals surface area contributed by atoms with E-state index in [2.05, 4.69) is 24.3 Å². The summed E-state index contributed by atoms with van der Waals surface area (Å²) in [6.07, 6.45) is 0. The fraction of sp³-hybridized carbons (Fsp3) is 0.714. The molecule has 1 N–H and O–H groups in total. The first kappa shape index (κ1) is 14.8. The molecule has 1 aromatic rings. The Morgan fingerprint density at radius 1 is 1.35 bits per heavy atom. The van der Waals surface area contributed by atoms with Gasteiger partial charge < -0.3 is 15.0 Å². The van der Waals surface area contributed by atoms with Gasteiger partial charge in [-0.25, -0.2) is 0 Å². The van der Waals surface area contributed by atoms with Crippen LogP contribution in [0.25, 0.3) is 0 Å². The van der Waals surface area contributed by atoms with Crippen molar-refractivity contribution in [2.45, 2.75) is 39.8 Å². The summed E-state index contributed by atoms with van der Waals surface area (Å²) in [6, 6.07) is 0.647. The standard InChI is InChI=1S/C14H24N4O2/c1-9-6-18(7-10(2)15-9)13(19)8-20-14-11(3)16-17(5)12(14)4/h9-10,15H,6-8H2,1-5H3. The van der Waals surface area contributed by atoms with Crippen molar-refractivity contribution >= 4 is 5.91 Å². The smallest absolute Gasteiger partial charge is 0.260 e. The summed E-state index contributed by atoms with van der Waals surface area (Å²) < 4.78 is 7.45. The molecule has 1 fully saturated rings. The van der Waals surface area contributed by atoms with Crippen LogP contribution in [-0.4, -0.2) is 52.4 Å². The van der Waals surface area contributed by atoms with Crippen molar-refractivity contribution in [2.75, 3.05) is 19.7 Å². The number of nitrogens with zero attached hydrogens (tertiary/aromatic N) is 3. The average molecular weight is 280 g/mol. The third-order valence-electron chi connectivity index (χ3n) is 3.69. The van der Waals surface area contributed by atoms with Crippen molar-refractivity contribution < 1.29 is 9.53 Å². The lowest BCUT2D eigenvalue weighted by Gasteiger charge is -2.36. The molecule has 1 saturated heterocycles. The molecule has 2 rings (SSSR count). The molecule has 2 atom stereocenters. The first-order valence-corrected chi connectivity index (χ1v) is 7.05. The van der Waals surface area contributed by atoms with Crippen LogP contribution in [0.4, 0.5) is 0 Å². The van der Waals surface area contributed by atoms with Crippen molar-refractivity contribution in [3.05, 3.63) is 11.4 Å². The number of carbonyl (C=O) groups excluding carboxylic acids is 1. The molecule has 0 aromatic carbocycles. The molecule has 0 aliphatic carbocycles. The van der Waals surface area contributed by atoms with Gasteiger partial charge in [-0.2, -0.15) is 5.10 Å². The fourth-order valence-electron chi connectivity index (χ4n) is 2.72. The molecular weight excluding hydrogens is 256 g/mol. The third kappa shape index (κ3) is 3.12. The Hall–Kier alpha value is -1.56. The van der Waals surface area contributed by atoms with Crippen LogP contribution in [0, 0.1) is 13.8 Å². The van der Waals surface area contributed by atoms with Crippen LogP contribution in [0.2, 0.25) is 0 Å². The zero-order valence-corrected chi connectivity index (χ0v) is 12.9. The van der Waals surface area contributed by atoms with Crippen LogP contribution >= 0.6 is 0 Å². The molecule has 0 spiro atoms. The number of carbonyl (C=O) groups is 1. The number of piperazine rings is 1. The van der Waals surface area contributed by atoms with Gasteiger partial charge in [-0.15, -0.1) is 0 Å². The molecule has 0 bridgehead atoms. The molecule has 1 amide bonds. The van der Waals surface area contributed by atoms with Gasteiger partial charge in [0.1, 0.15) is 5.69 Å². The number of hydrogen-bond donors (Lipinski definition) is 1. The molecule has 2 unspecified atom stereocenters. The second-order valence-corrected chi connectivity index (χ2v) is 5.68. The summed E-state index contributed by atoms with van der Waals surface area (Å²) >= 11 is 0. The Bertz CT molecular complexity index is 488. The summed E-state index contributed by atoms with van der Waals surface area (Å²) in [4.78, 5) is 14.1. The fourth-order valence-corrected chi connectivity index (χ4v) is 2.72. The molecule has 20 heavy (non-hydrogen) atoms. The maximum Gasteiger partial charge on any atom is 0.260 e. The monoisotopic (exact) mass is 280 g/mol. The lowest BCUT2D eigenvalue weighted by atomic mass is 10.1. The van der Waals surface area contributed by atoms with Crippen LogP contribution in [-0.2, 0) is 11.8 Å². The Morgan fingerprint density at radius 3 is 2.45 bits per heavy atom. The van der Waals surface area contributed by atoms with Gasteiger partial charge in [-0.3, -0.25) is 9.48 Å². The number of aryl methyl sites for hydroxylation is 2. The number of ether oxygens (including phenoxy) is 1. The summed E-state index contributed by atoms with van der Waals surface area (Å²) in [5.74, 6) is 0.755. The number of rotatable bonds is 3. The average Bonchev–Trinajstić information content (AvgIpc) is 2.60. The molecule has 1 aliphatic heterocycles. The Balaban J connectivity index is 1.95. The minimum absolute atomic E-state index is 0.0350. The van der Waals surface area contributed by atoms with E-state index in [0.29, 0.717) is 12.1 Å². The molecule has 0 saturated carbocycles. The minimum Gasteiger partial charge on any atom is -0.480 e. The van der Waals surface area contributed by atoms with Gasteiger partial charge in [0, 0.05) is 32.2 Å². The van der Waals surface area contributed by atoms with Crippen LogP contribution in [0.5, 0.6) is 5.75 Å². The van der Waals surface area contributed by atoms with E-state index < -0.39 is 0 Å². The molecule has 0 radical (unpaired) electrons. The number of nitrogens with one attached hydrogen (secondary N) is 1. The van der Waals surface area contributed by atoms with Gasteiger partial charge in [0.25, 0.3) is 5.91 Å². The zero-order valence-electron chi connectivity index (χ0n) is 12.9. The highest BCUT2D eigenvalue weighted by atomic mass is 16.5. The third-order valence-corrected chi connectivity index (χ3v) is 3.69. The molecule has 2 heterocycles. The first-order chi connectivity index (χ1) is 9.38. The van der Waals surface area contributed by atoms with Crippen LogP contribution in [0.15, 0.2) is 0 Å². The summed E-state index contributed by atoms with van der Waals surface area (Å²) in [5.41, 5.74) is 1.76. The Labute approximate surface area is 120 Å². The van der Waals surface area contributed by atoms with Crippen molar-refractivity contribution in [1.29, 1.82) is 0 Å². The second kappa shape index (κ2) is 5.83. The topological polar surface area (TPSA) is 59.4 Å².